The predicted octanol–water partition coefficient (Wildman–Crippen LogP) is 3.13. The highest BCUT2D eigenvalue weighted by atomic mass is 16.4. The van der Waals surface area contributed by atoms with Gasteiger partial charge in [-0.3, -0.25) is 0 Å². The normalized spacial score (nSPS) is 11.7. The molecule has 0 amide bonds. The standard InChI is InChI=1S/C12H19NO2/c1-3-11(7-5-4-6-8-13)9-10(2)12(14)15/h11H,2-7,9H2,1H3,(H,14,15). The van der Waals surface area contributed by atoms with Crippen molar-refractivity contribution in [1.29, 1.82) is 5.26 Å². The fourth-order valence-corrected chi connectivity index (χ4v) is 1.52. The van der Waals surface area contributed by atoms with Crippen molar-refractivity contribution in [2.45, 2.75) is 45.4 Å². The van der Waals surface area contributed by atoms with Crippen LogP contribution in [0, 0.1) is 17.2 Å². The van der Waals surface area contributed by atoms with E-state index in [9.17, 15) is 4.79 Å². The summed E-state index contributed by atoms with van der Waals surface area (Å²) in [6, 6.07) is 2.11. The molecule has 1 N–H and O–H groups in total. The van der Waals surface area contributed by atoms with Crippen LogP contribution < -0.4 is 0 Å². The molecule has 0 saturated heterocycles. The van der Waals surface area contributed by atoms with E-state index in [1.807, 2.05) is 0 Å². The van der Waals surface area contributed by atoms with Crippen LogP contribution in [0.5, 0.6) is 0 Å². The first-order chi connectivity index (χ1) is 7.11. The summed E-state index contributed by atoms with van der Waals surface area (Å²) in [6.07, 6.45) is 5.03. The third-order valence-corrected chi connectivity index (χ3v) is 2.57. The quantitative estimate of drug-likeness (QED) is 0.493. The number of rotatable bonds is 8. The SMILES string of the molecule is C=C(CC(CC)CCCCC#N)C(=O)O. The molecule has 0 radical (unpaired) electrons. The molecule has 0 fully saturated rings. The number of unbranched alkanes of at least 4 members (excludes halogenated alkanes) is 2. The van der Waals surface area contributed by atoms with Crippen LogP contribution in [-0.4, -0.2) is 11.1 Å². The van der Waals surface area contributed by atoms with Crippen molar-refractivity contribution in [3.8, 4) is 6.07 Å². The second-order valence-electron chi connectivity index (χ2n) is 3.79. The Morgan fingerprint density at radius 3 is 2.67 bits per heavy atom. The number of carbonyl (C=O) groups is 1. The molecule has 0 heterocycles. The molecule has 0 spiro atoms. The van der Waals surface area contributed by atoms with Gasteiger partial charge in [0.15, 0.2) is 0 Å². The van der Waals surface area contributed by atoms with E-state index in [0.29, 0.717) is 24.3 Å². The first-order valence-electron chi connectivity index (χ1n) is 5.39. The lowest BCUT2D eigenvalue weighted by molar-refractivity contribution is -0.132. The minimum absolute atomic E-state index is 0.294. The summed E-state index contributed by atoms with van der Waals surface area (Å²) in [6.45, 7) is 5.59. The van der Waals surface area contributed by atoms with Gasteiger partial charge in [0.1, 0.15) is 0 Å². The van der Waals surface area contributed by atoms with Crippen LogP contribution in [-0.2, 0) is 4.79 Å². The van der Waals surface area contributed by atoms with E-state index in [1.165, 1.54) is 0 Å². The molecule has 1 unspecified atom stereocenters. The maximum Gasteiger partial charge on any atom is 0.330 e. The van der Waals surface area contributed by atoms with Crippen molar-refractivity contribution < 1.29 is 9.90 Å². The maximum atomic E-state index is 10.6. The molecule has 84 valence electrons. The molecule has 3 nitrogen and oxygen atoms in total. The highest BCUT2D eigenvalue weighted by Crippen LogP contribution is 2.20. The Morgan fingerprint density at radius 2 is 2.20 bits per heavy atom. The number of hydrogen-bond acceptors (Lipinski definition) is 2. The zero-order valence-corrected chi connectivity index (χ0v) is 9.33. The van der Waals surface area contributed by atoms with Gasteiger partial charge < -0.3 is 5.11 Å². The average Bonchev–Trinajstić information content (AvgIpc) is 2.22. The summed E-state index contributed by atoms with van der Waals surface area (Å²) >= 11 is 0. The number of carboxylic acids is 1. The van der Waals surface area contributed by atoms with E-state index in [2.05, 4.69) is 19.6 Å². The average molecular weight is 209 g/mol. The molecule has 0 rings (SSSR count). The first-order valence-corrected chi connectivity index (χ1v) is 5.39. The lowest BCUT2D eigenvalue weighted by Crippen LogP contribution is -2.06. The van der Waals surface area contributed by atoms with Crippen LogP contribution in [0.4, 0.5) is 0 Å². The van der Waals surface area contributed by atoms with E-state index in [0.717, 1.165) is 25.7 Å². The summed E-state index contributed by atoms with van der Waals surface area (Å²) < 4.78 is 0. The van der Waals surface area contributed by atoms with Crippen molar-refractivity contribution >= 4 is 5.97 Å². The van der Waals surface area contributed by atoms with Crippen LogP contribution in [0.3, 0.4) is 0 Å². The van der Waals surface area contributed by atoms with Gasteiger partial charge in [-0.1, -0.05) is 32.8 Å². The lowest BCUT2D eigenvalue weighted by atomic mass is 9.92. The molecule has 0 aliphatic heterocycles. The fraction of sp³-hybridized carbons (Fsp3) is 0.667. The lowest BCUT2D eigenvalue weighted by Gasteiger charge is -2.13. The second-order valence-corrected chi connectivity index (χ2v) is 3.79. The van der Waals surface area contributed by atoms with Gasteiger partial charge in [-0.15, -0.1) is 0 Å². The molecular formula is C12H19NO2. The molecular weight excluding hydrogens is 190 g/mol. The van der Waals surface area contributed by atoms with Gasteiger partial charge >= 0.3 is 5.97 Å². The largest absolute Gasteiger partial charge is 0.478 e. The van der Waals surface area contributed by atoms with Gasteiger partial charge in [-0.25, -0.2) is 4.79 Å². The van der Waals surface area contributed by atoms with Gasteiger partial charge in [-0.05, 0) is 18.8 Å². The summed E-state index contributed by atoms with van der Waals surface area (Å²) in [7, 11) is 0. The van der Waals surface area contributed by atoms with Gasteiger partial charge in [0, 0.05) is 12.0 Å². The molecule has 1 atom stereocenters. The minimum Gasteiger partial charge on any atom is -0.478 e. The van der Waals surface area contributed by atoms with Crippen molar-refractivity contribution in [1.82, 2.24) is 0 Å². The Balaban J connectivity index is 3.78. The predicted molar refractivity (Wildman–Crippen MR) is 59.3 cm³/mol. The van der Waals surface area contributed by atoms with Crippen molar-refractivity contribution in [3.05, 3.63) is 12.2 Å². The van der Waals surface area contributed by atoms with Crippen LogP contribution >= 0.6 is 0 Å². The maximum absolute atomic E-state index is 10.6. The Morgan fingerprint density at radius 1 is 1.53 bits per heavy atom. The van der Waals surface area contributed by atoms with E-state index >= 15 is 0 Å². The summed E-state index contributed by atoms with van der Waals surface area (Å²) in [4.78, 5) is 10.6. The second kappa shape index (κ2) is 8.05. The van der Waals surface area contributed by atoms with Crippen LogP contribution in [0.15, 0.2) is 12.2 Å². The molecule has 15 heavy (non-hydrogen) atoms. The van der Waals surface area contributed by atoms with Crippen LogP contribution in [0.25, 0.3) is 0 Å². The van der Waals surface area contributed by atoms with Crippen molar-refractivity contribution in [3.63, 3.8) is 0 Å². The molecule has 0 aromatic carbocycles. The molecule has 0 aliphatic carbocycles. The van der Waals surface area contributed by atoms with Crippen molar-refractivity contribution in [2.75, 3.05) is 0 Å². The molecule has 0 aliphatic rings. The molecule has 0 aromatic heterocycles. The van der Waals surface area contributed by atoms with Crippen LogP contribution in [0.1, 0.15) is 45.4 Å². The van der Waals surface area contributed by atoms with Gasteiger partial charge in [-0.2, -0.15) is 5.26 Å². The Bertz CT molecular complexity index is 253. The fourth-order valence-electron chi connectivity index (χ4n) is 1.52. The summed E-state index contributed by atoms with van der Waals surface area (Å²) in [5, 5.41) is 17.1. The first kappa shape index (κ1) is 13.7. The summed E-state index contributed by atoms with van der Waals surface area (Å²) in [5.41, 5.74) is 0.294. The number of aliphatic carboxylic acids is 1. The van der Waals surface area contributed by atoms with Gasteiger partial charge in [0.05, 0.1) is 6.07 Å². The zero-order valence-electron chi connectivity index (χ0n) is 9.33. The topological polar surface area (TPSA) is 61.1 Å². The molecule has 0 aromatic rings. The zero-order chi connectivity index (χ0) is 11.7. The summed E-state index contributed by atoms with van der Waals surface area (Å²) in [5.74, 6) is -0.502. The molecule has 0 bridgehead atoms. The molecule has 3 heteroatoms. The Kier molecular flexibility index (Phi) is 7.35. The van der Waals surface area contributed by atoms with E-state index in [-0.39, 0.29) is 0 Å². The van der Waals surface area contributed by atoms with E-state index < -0.39 is 5.97 Å². The monoisotopic (exact) mass is 209 g/mol. The highest BCUT2D eigenvalue weighted by molar-refractivity contribution is 5.85. The Labute approximate surface area is 91.4 Å². The molecule has 0 saturated carbocycles. The van der Waals surface area contributed by atoms with Gasteiger partial charge in [0.25, 0.3) is 0 Å². The smallest absolute Gasteiger partial charge is 0.330 e. The van der Waals surface area contributed by atoms with E-state index in [4.69, 9.17) is 10.4 Å². The number of nitrogens with zero attached hydrogens (tertiary/aromatic N) is 1. The highest BCUT2D eigenvalue weighted by Gasteiger charge is 2.12. The third-order valence-electron chi connectivity index (χ3n) is 2.57. The number of nitriles is 1. The Hall–Kier alpha value is -1.30. The number of hydrogen-bond donors (Lipinski definition) is 1. The van der Waals surface area contributed by atoms with Crippen LogP contribution in [0.2, 0.25) is 0 Å². The van der Waals surface area contributed by atoms with Gasteiger partial charge in [0.2, 0.25) is 0 Å². The third kappa shape index (κ3) is 6.73. The number of carboxylic acid groups (broad SMARTS) is 1. The van der Waals surface area contributed by atoms with E-state index in [1.54, 1.807) is 0 Å². The van der Waals surface area contributed by atoms with Crippen molar-refractivity contribution in [2.24, 2.45) is 5.92 Å². The minimum atomic E-state index is -0.898.